The van der Waals surface area contributed by atoms with Crippen molar-refractivity contribution in [1.82, 2.24) is 14.8 Å². The number of rotatable bonds is 3. The minimum Gasteiger partial charge on any atom is -0.328 e. The van der Waals surface area contributed by atoms with Gasteiger partial charge in [0.2, 0.25) is 11.1 Å². The van der Waals surface area contributed by atoms with Crippen molar-refractivity contribution < 1.29 is 4.79 Å². The Morgan fingerprint density at radius 2 is 2.20 bits per heavy atom. The first kappa shape index (κ1) is 16.9. The molecule has 1 aromatic heterocycles. The summed E-state index contributed by atoms with van der Waals surface area (Å²) in [5, 5.41) is 9.69. The third-order valence-electron chi connectivity index (χ3n) is 4.38. The van der Waals surface area contributed by atoms with Crippen LogP contribution >= 0.6 is 35.0 Å². The normalized spacial score (nSPS) is 19.5. The van der Waals surface area contributed by atoms with E-state index in [1.54, 1.807) is 28.6 Å². The Hall–Kier alpha value is -1.50. The molecule has 0 amide bonds. The first-order chi connectivity index (χ1) is 12.1. The number of anilines is 1. The molecule has 0 bridgehead atoms. The molecular formula is C17H16Cl2N4OS. The van der Waals surface area contributed by atoms with Gasteiger partial charge < -0.3 is 5.32 Å². The molecule has 1 aliphatic heterocycles. The second-order valence-electron chi connectivity index (χ2n) is 5.96. The van der Waals surface area contributed by atoms with Crippen LogP contribution in [-0.2, 0) is 4.79 Å². The predicted molar refractivity (Wildman–Crippen MR) is 101 cm³/mol. The van der Waals surface area contributed by atoms with Gasteiger partial charge in [0, 0.05) is 33.3 Å². The van der Waals surface area contributed by atoms with Gasteiger partial charge in [0.1, 0.15) is 6.04 Å². The van der Waals surface area contributed by atoms with Gasteiger partial charge in [0.05, 0.1) is 0 Å². The van der Waals surface area contributed by atoms with Gasteiger partial charge in [0.25, 0.3) is 0 Å². The maximum absolute atomic E-state index is 12.7. The number of halogens is 2. The average Bonchev–Trinajstić information content (AvgIpc) is 2.96. The van der Waals surface area contributed by atoms with Crippen molar-refractivity contribution in [2.75, 3.05) is 11.1 Å². The molecule has 25 heavy (non-hydrogen) atoms. The summed E-state index contributed by atoms with van der Waals surface area (Å²) < 4.78 is 1.77. The number of thioether (sulfide) groups is 1. The maximum Gasteiger partial charge on any atom is 0.227 e. The predicted octanol–water partition coefficient (Wildman–Crippen LogP) is 4.72. The van der Waals surface area contributed by atoms with Gasteiger partial charge in [-0.3, -0.25) is 4.79 Å². The zero-order valence-corrected chi connectivity index (χ0v) is 15.9. The minimum atomic E-state index is -0.373. The van der Waals surface area contributed by atoms with Crippen molar-refractivity contribution in [3.8, 4) is 0 Å². The van der Waals surface area contributed by atoms with Gasteiger partial charge in [-0.05, 0) is 30.7 Å². The standard InChI is InChI=1S/C17H16Cl2N4OS/c1-2-25-17-21-16-20-12-4-3-5-13(24)14(12)15(23(16)22-17)10-7-6-9(18)8-11(10)19/h6-8,15H,2-5H2,1H3,(H,20,21,22). The van der Waals surface area contributed by atoms with Crippen LogP contribution < -0.4 is 5.32 Å². The number of allylic oxidation sites excluding steroid dienone is 2. The van der Waals surface area contributed by atoms with Crippen molar-refractivity contribution >= 4 is 46.7 Å². The van der Waals surface area contributed by atoms with E-state index in [9.17, 15) is 4.79 Å². The van der Waals surface area contributed by atoms with Gasteiger partial charge in [-0.1, -0.05) is 48.0 Å². The van der Waals surface area contributed by atoms with Crippen LogP contribution in [0, 0.1) is 0 Å². The topological polar surface area (TPSA) is 59.8 Å². The first-order valence-corrected chi connectivity index (χ1v) is 9.90. The van der Waals surface area contributed by atoms with Crippen molar-refractivity contribution in [2.24, 2.45) is 0 Å². The lowest BCUT2D eigenvalue weighted by Gasteiger charge is -2.32. The molecule has 4 rings (SSSR count). The fourth-order valence-corrected chi connectivity index (χ4v) is 4.40. The molecule has 130 valence electrons. The number of nitrogens with zero attached hydrogens (tertiary/aromatic N) is 3. The number of benzene rings is 1. The Bertz CT molecular complexity index is 893. The van der Waals surface area contributed by atoms with Crippen molar-refractivity contribution in [2.45, 2.75) is 37.4 Å². The quantitative estimate of drug-likeness (QED) is 0.763. The Balaban J connectivity index is 1.91. The number of aromatic nitrogens is 3. The van der Waals surface area contributed by atoms with E-state index < -0.39 is 0 Å². The molecule has 2 heterocycles. The summed E-state index contributed by atoms with van der Waals surface area (Å²) >= 11 is 14.1. The molecule has 1 aliphatic carbocycles. The van der Waals surface area contributed by atoms with Gasteiger partial charge in [-0.15, -0.1) is 5.10 Å². The number of fused-ring (bicyclic) bond motifs is 1. The highest BCUT2D eigenvalue weighted by Gasteiger charge is 2.37. The largest absolute Gasteiger partial charge is 0.328 e. The summed E-state index contributed by atoms with van der Waals surface area (Å²) in [6.07, 6.45) is 2.21. The molecule has 0 radical (unpaired) electrons. The maximum atomic E-state index is 12.7. The number of Topliss-reactive ketones (excluding diaryl/α,β-unsaturated/α-hetero) is 1. The third kappa shape index (κ3) is 2.96. The van der Waals surface area contributed by atoms with E-state index in [-0.39, 0.29) is 11.8 Å². The molecule has 8 heteroatoms. The van der Waals surface area contributed by atoms with Gasteiger partial charge in [0.15, 0.2) is 5.78 Å². The van der Waals surface area contributed by atoms with Crippen LogP contribution in [0.2, 0.25) is 10.0 Å². The SMILES string of the molecule is CCSc1nc2n(n1)C(c1ccc(Cl)cc1Cl)C1=C(CCCC1=O)N2. The van der Waals surface area contributed by atoms with Crippen LogP contribution in [0.3, 0.4) is 0 Å². The molecule has 5 nitrogen and oxygen atoms in total. The molecule has 0 fully saturated rings. The lowest BCUT2D eigenvalue weighted by molar-refractivity contribution is -0.116. The highest BCUT2D eigenvalue weighted by atomic mass is 35.5. The second-order valence-corrected chi connectivity index (χ2v) is 8.03. The van der Waals surface area contributed by atoms with Gasteiger partial charge in [-0.2, -0.15) is 4.98 Å². The Kier molecular flexibility index (Phi) is 4.52. The van der Waals surface area contributed by atoms with E-state index in [0.717, 1.165) is 35.4 Å². The van der Waals surface area contributed by atoms with E-state index >= 15 is 0 Å². The van der Waals surface area contributed by atoms with Crippen LogP contribution in [0.15, 0.2) is 34.6 Å². The molecule has 1 N–H and O–H groups in total. The molecule has 0 saturated heterocycles. The van der Waals surface area contributed by atoms with Crippen molar-refractivity contribution in [3.05, 3.63) is 45.1 Å². The summed E-state index contributed by atoms with van der Waals surface area (Å²) in [7, 11) is 0. The fraction of sp³-hybridized carbons (Fsp3) is 0.353. The summed E-state index contributed by atoms with van der Waals surface area (Å²) in [5.74, 6) is 1.66. The second kappa shape index (κ2) is 6.67. The summed E-state index contributed by atoms with van der Waals surface area (Å²) in [5.41, 5.74) is 2.48. The van der Waals surface area contributed by atoms with Crippen molar-refractivity contribution in [1.29, 1.82) is 0 Å². The number of hydrogen-bond acceptors (Lipinski definition) is 5. The summed E-state index contributed by atoms with van der Waals surface area (Å²) in [6, 6.07) is 4.98. The zero-order chi connectivity index (χ0) is 17.6. The summed E-state index contributed by atoms with van der Waals surface area (Å²) in [6.45, 7) is 2.05. The van der Waals surface area contributed by atoms with E-state index in [4.69, 9.17) is 23.2 Å². The Morgan fingerprint density at radius 3 is 2.96 bits per heavy atom. The highest BCUT2D eigenvalue weighted by molar-refractivity contribution is 7.99. The van der Waals surface area contributed by atoms with E-state index in [1.807, 2.05) is 6.07 Å². The van der Waals surface area contributed by atoms with E-state index in [0.29, 0.717) is 27.6 Å². The third-order valence-corrected chi connectivity index (χ3v) is 5.66. The van der Waals surface area contributed by atoms with Gasteiger partial charge >= 0.3 is 0 Å². The zero-order valence-electron chi connectivity index (χ0n) is 13.6. The number of nitrogens with one attached hydrogen (secondary N) is 1. The summed E-state index contributed by atoms with van der Waals surface area (Å²) in [4.78, 5) is 17.3. The van der Waals surface area contributed by atoms with Gasteiger partial charge in [-0.25, -0.2) is 4.68 Å². The Labute approximate surface area is 159 Å². The number of hydrogen-bond donors (Lipinski definition) is 1. The molecule has 1 aromatic carbocycles. The monoisotopic (exact) mass is 394 g/mol. The highest BCUT2D eigenvalue weighted by Crippen LogP contribution is 2.42. The Morgan fingerprint density at radius 1 is 1.36 bits per heavy atom. The van der Waals surface area contributed by atoms with Crippen molar-refractivity contribution in [3.63, 3.8) is 0 Å². The average molecular weight is 395 g/mol. The fourth-order valence-electron chi connectivity index (χ4n) is 3.34. The van der Waals surface area contributed by atoms with E-state index in [2.05, 4.69) is 22.3 Å². The van der Waals surface area contributed by atoms with Crippen LogP contribution in [0.25, 0.3) is 0 Å². The molecule has 1 unspecified atom stereocenters. The molecule has 0 spiro atoms. The van der Waals surface area contributed by atoms with E-state index in [1.165, 1.54) is 0 Å². The smallest absolute Gasteiger partial charge is 0.227 e. The molecule has 2 aliphatic rings. The number of carbonyl (C=O) groups excluding carboxylic acids is 1. The van der Waals surface area contributed by atoms with Crippen LogP contribution in [-0.4, -0.2) is 26.3 Å². The lowest BCUT2D eigenvalue weighted by Crippen LogP contribution is -2.31. The van der Waals surface area contributed by atoms with Crippen LogP contribution in [0.5, 0.6) is 0 Å². The van der Waals surface area contributed by atoms with Crippen LogP contribution in [0.4, 0.5) is 5.95 Å². The first-order valence-electron chi connectivity index (χ1n) is 8.16. The van der Waals surface area contributed by atoms with Crippen LogP contribution in [0.1, 0.15) is 37.8 Å². The lowest BCUT2D eigenvalue weighted by atomic mass is 9.85. The molecular weight excluding hydrogens is 379 g/mol. The molecule has 1 atom stereocenters. The molecule has 0 saturated carbocycles. The number of carbonyl (C=O) groups is 1. The minimum absolute atomic E-state index is 0.135. The number of ketones is 1. The molecule has 2 aromatic rings.